The van der Waals surface area contributed by atoms with Crippen LogP contribution in [0.15, 0.2) is 0 Å². The van der Waals surface area contributed by atoms with E-state index >= 15 is 0 Å². The van der Waals surface area contributed by atoms with Gasteiger partial charge in [0.1, 0.15) is 0 Å². The van der Waals surface area contributed by atoms with E-state index < -0.39 is 11.4 Å². The number of halogens is 1. The molecule has 0 amide bonds. The van der Waals surface area contributed by atoms with E-state index in [1.807, 2.05) is 0 Å². The molecule has 0 nitrogen and oxygen atoms in total. The summed E-state index contributed by atoms with van der Waals surface area (Å²) in [4.78, 5) is 0. The summed E-state index contributed by atoms with van der Waals surface area (Å²) in [6.45, 7) is 0. The Morgan fingerprint density at radius 3 is 1.38 bits per heavy atom. The fourth-order valence-electron chi connectivity index (χ4n) is 24.8. The number of hydrogen-bond acceptors (Lipinski definition) is 0. The SMILES string of the molecule is ClC[C]12[CH]3[CH]4[CH]5[CH]1[Zr]45321678[CH]2[CH]1[CH]6[CH]7[CH]28. The fourth-order valence-corrected chi connectivity index (χ4v) is 255. The van der Waals surface area contributed by atoms with Gasteiger partial charge in [-0.05, 0) is 0 Å². The second-order valence-electron chi connectivity index (χ2n) is 13.1. The molecule has 10 rings (SSSR count). The van der Waals surface area contributed by atoms with E-state index in [1.54, 1.807) is 0 Å². The van der Waals surface area contributed by atoms with Crippen LogP contribution in [0.3, 0.4) is 0 Å². The molecular formula is C11H11ClZr. The monoisotopic (exact) mass is 268 g/mol. The van der Waals surface area contributed by atoms with E-state index in [0.717, 1.165) is 3.12 Å². The van der Waals surface area contributed by atoms with Crippen LogP contribution >= 0.6 is 11.6 Å². The molecule has 4 atom stereocenters. The van der Waals surface area contributed by atoms with Gasteiger partial charge in [0.2, 0.25) is 0 Å². The fraction of sp³-hybridized carbons (Fsp3) is 1.00. The maximum atomic E-state index is 6.45. The molecule has 10 heterocycles. The van der Waals surface area contributed by atoms with Gasteiger partial charge in [0.25, 0.3) is 0 Å². The Kier molecular flexibility index (Phi) is 0.107. The van der Waals surface area contributed by atoms with Crippen LogP contribution in [0.4, 0.5) is 0 Å². The van der Waals surface area contributed by atoms with Crippen molar-refractivity contribution in [3.8, 4) is 0 Å². The Bertz CT molecular complexity index is 770. The summed E-state index contributed by atoms with van der Waals surface area (Å²) in [5, 5.41) is 0. The average Bonchev–Trinajstić information content (AvgIpc) is 3.12. The summed E-state index contributed by atoms with van der Waals surface area (Å²) < 4.78 is 14.5. The molecule has 66 valence electrons. The number of alkyl halides is 1. The van der Waals surface area contributed by atoms with Crippen molar-refractivity contribution in [2.75, 3.05) is 5.88 Å². The van der Waals surface area contributed by atoms with Gasteiger partial charge in [-0.1, -0.05) is 0 Å². The van der Waals surface area contributed by atoms with Crippen molar-refractivity contribution < 1.29 is 11.4 Å². The third-order valence-electron chi connectivity index (χ3n) is 20.9. The van der Waals surface area contributed by atoms with Crippen molar-refractivity contribution in [1.29, 1.82) is 0 Å². The molecule has 1 spiro atoms. The van der Waals surface area contributed by atoms with Crippen molar-refractivity contribution >= 4 is 11.6 Å². The Balaban J connectivity index is 2.08. The van der Waals surface area contributed by atoms with Gasteiger partial charge >= 0.3 is 64.6 Å². The first-order valence-corrected chi connectivity index (χ1v) is 21.2. The molecule has 10 aliphatic heterocycles. The Morgan fingerprint density at radius 2 is 1.31 bits per heavy atom. The van der Waals surface area contributed by atoms with Gasteiger partial charge < -0.3 is 0 Å². The van der Waals surface area contributed by atoms with Crippen LogP contribution in [-0.4, -0.2) is 5.88 Å². The van der Waals surface area contributed by atoms with Crippen molar-refractivity contribution in [1.82, 2.24) is 0 Å². The predicted molar refractivity (Wildman–Crippen MR) is 47.2 cm³/mol. The number of rotatable bonds is 1. The molecule has 0 aromatic heterocycles. The Labute approximate surface area is 64.1 Å². The van der Waals surface area contributed by atoms with Crippen LogP contribution in [0.1, 0.15) is 0 Å². The summed E-state index contributed by atoms with van der Waals surface area (Å²) in [6.07, 6.45) is 0. The summed E-state index contributed by atoms with van der Waals surface area (Å²) in [6, 6.07) is 0. The van der Waals surface area contributed by atoms with Gasteiger partial charge in [-0.2, -0.15) is 0 Å². The van der Waals surface area contributed by atoms with Gasteiger partial charge in [-0.15, -0.1) is 0 Å². The average molecular weight is 270 g/mol. The molecule has 10 aliphatic rings. The van der Waals surface area contributed by atoms with Gasteiger partial charge in [-0.3, -0.25) is 0 Å². The van der Waals surface area contributed by atoms with Crippen LogP contribution in [-0.2, 0) is 11.4 Å². The molecule has 0 aromatic rings. The van der Waals surface area contributed by atoms with E-state index in [2.05, 4.69) is 0 Å². The van der Waals surface area contributed by atoms with Crippen LogP contribution in [0, 0.1) is 0 Å². The molecular weight excluding hydrogens is 259 g/mol. The quantitative estimate of drug-likeness (QED) is 0.632. The molecule has 0 bridgehead atoms. The minimum atomic E-state index is -3.13. The molecule has 0 saturated carbocycles. The first kappa shape index (κ1) is 4.58. The topological polar surface area (TPSA) is 0 Å². The molecule has 2 heteroatoms. The molecule has 10 fully saturated rings. The molecule has 0 N–H and O–H groups in total. The van der Waals surface area contributed by atoms with Crippen LogP contribution in [0.5, 0.6) is 0 Å². The summed E-state index contributed by atoms with van der Waals surface area (Å²) in [7, 11) is 0. The standard InChI is InChI=1S/C6H6Cl.C5H5.Zr/c7-5-6-3-1-2-4-6;1-2-4-5-3-1;/h1-4H,5H2;1-5H;. The van der Waals surface area contributed by atoms with Crippen molar-refractivity contribution in [2.24, 2.45) is 0 Å². The Hall–Kier alpha value is 1.17. The van der Waals surface area contributed by atoms with Gasteiger partial charge in [0.05, 0.1) is 0 Å². The van der Waals surface area contributed by atoms with E-state index in [-0.39, 0.29) is 0 Å². The van der Waals surface area contributed by atoms with Crippen molar-refractivity contribution in [2.45, 2.75) is 35.8 Å². The number of hydrogen-bond donors (Lipinski definition) is 0. The van der Waals surface area contributed by atoms with E-state index in [1.165, 1.54) is 38.5 Å². The van der Waals surface area contributed by atoms with E-state index in [9.17, 15) is 0 Å². The normalized spacial score (nSPS) is 152. The van der Waals surface area contributed by atoms with Gasteiger partial charge in [0, 0.05) is 0 Å². The summed E-state index contributed by atoms with van der Waals surface area (Å²) >= 11 is 3.32. The van der Waals surface area contributed by atoms with E-state index in [0.29, 0.717) is 0 Å². The minimum absolute atomic E-state index is 1.03. The van der Waals surface area contributed by atoms with Crippen molar-refractivity contribution in [3.05, 3.63) is 0 Å². The molecule has 0 aliphatic carbocycles. The summed E-state index contributed by atoms with van der Waals surface area (Å²) in [5.74, 6) is 1.17. The molecule has 4 unspecified atom stereocenters. The van der Waals surface area contributed by atoms with E-state index in [4.69, 9.17) is 11.6 Å². The Morgan fingerprint density at radius 1 is 0.846 bits per heavy atom. The molecule has 10 saturated heterocycles. The zero-order valence-electron chi connectivity index (χ0n) is 7.28. The number of fused-ring (bicyclic) bond motifs is 10. The second kappa shape index (κ2) is 0.304. The molecule has 0 aromatic carbocycles. The first-order valence-electron chi connectivity index (χ1n) is 6.71. The molecule has 0 radical (unpaired) electrons. The zero-order valence-corrected chi connectivity index (χ0v) is 10.5. The van der Waals surface area contributed by atoms with Crippen LogP contribution < -0.4 is 0 Å². The molecule has 13 heavy (non-hydrogen) atoms. The summed E-state index contributed by atoms with van der Waals surface area (Å²) in [5.41, 5.74) is 0. The van der Waals surface area contributed by atoms with Gasteiger partial charge in [-0.25, -0.2) is 0 Å². The maximum absolute atomic E-state index is 6.45. The second-order valence-corrected chi connectivity index (χ2v) is 66.1. The third kappa shape index (κ3) is 0.0349. The van der Waals surface area contributed by atoms with Crippen LogP contribution in [0.25, 0.3) is 0 Å². The van der Waals surface area contributed by atoms with Crippen LogP contribution in [0.2, 0.25) is 35.8 Å². The van der Waals surface area contributed by atoms with Gasteiger partial charge in [0.15, 0.2) is 0 Å². The first-order chi connectivity index (χ1) is 6.11. The zero-order chi connectivity index (χ0) is 7.72. The third-order valence-corrected chi connectivity index (χ3v) is 118. The predicted octanol–water partition coefficient (Wildman–Crippen LogP) is 3.98. The van der Waals surface area contributed by atoms with Crippen molar-refractivity contribution in [3.63, 3.8) is 0 Å².